The van der Waals surface area contributed by atoms with Gasteiger partial charge in [-0.2, -0.15) is 0 Å². The van der Waals surface area contributed by atoms with Crippen LogP contribution < -0.4 is 0 Å². The highest BCUT2D eigenvalue weighted by molar-refractivity contribution is 6.21. The zero-order chi connectivity index (χ0) is 30.2. The number of aromatic amines is 1. The molecule has 0 atom stereocenters. The third-order valence-electron chi connectivity index (χ3n) is 9.72. The fourth-order valence-corrected chi connectivity index (χ4v) is 7.65. The molecule has 0 saturated carbocycles. The predicted molar refractivity (Wildman–Crippen MR) is 196 cm³/mol. The van der Waals surface area contributed by atoms with Crippen molar-refractivity contribution in [1.29, 1.82) is 0 Å². The van der Waals surface area contributed by atoms with E-state index < -0.39 is 0 Å². The lowest BCUT2D eigenvalue weighted by Crippen LogP contribution is -1.92. The third kappa shape index (κ3) is 3.65. The van der Waals surface area contributed by atoms with Crippen LogP contribution >= 0.6 is 0 Å². The number of fused-ring (bicyclic) bond motifs is 9. The fraction of sp³-hybridized carbons (Fsp3) is 0. The fourth-order valence-electron chi connectivity index (χ4n) is 7.65. The number of aromatic nitrogens is 2. The molecule has 10 aromatic rings. The van der Waals surface area contributed by atoms with E-state index in [1.807, 2.05) is 0 Å². The number of benzene rings is 8. The molecule has 0 aliphatic heterocycles. The molecular formula is C44H28N2. The van der Waals surface area contributed by atoms with Crippen LogP contribution in [0, 0.1) is 0 Å². The second-order valence-corrected chi connectivity index (χ2v) is 12.2. The molecule has 10 rings (SSSR count). The minimum atomic E-state index is 1.17. The average Bonchev–Trinajstić information content (AvgIpc) is 3.67. The molecule has 0 fully saturated rings. The van der Waals surface area contributed by atoms with Gasteiger partial charge in [-0.25, -0.2) is 0 Å². The second kappa shape index (κ2) is 9.69. The molecule has 0 spiro atoms. The van der Waals surface area contributed by atoms with Crippen molar-refractivity contribution in [3.8, 4) is 27.9 Å². The molecule has 46 heavy (non-hydrogen) atoms. The maximum atomic E-state index is 3.65. The molecule has 2 nitrogen and oxygen atoms in total. The molecule has 0 unspecified atom stereocenters. The summed E-state index contributed by atoms with van der Waals surface area (Å²) in [5.41, 5.74) is 10.9. The first-order valence-corrected chi connectivity index (χ1v) is 15.9. The Morgan fingerprint density at radius 2 is 0.978 bits per heavy atom. The molecule has 0 saturated heterocycles. The molecule has 2 aromatic heterocycles. The van der Waals surface area contributed by atoms with E-state index in [9.17, 15) is 0 Å². The standard InChI is InChI=1S/C44H28N2/c1-2-11-31(12-3-1)46-42-19-7-6-14-37(42)38-26-30(22-25-43(38)46)33-16-9-17-35-32(15-8-18-36(33)35)29-21-23-40-39(27-29)44-34-13-5-4-10-28(34)20-24-41(44)45-40/h1-27,45H. The van der Waals surface area contributed by atoms with Crippen molar-refractivity contribution in [2.75, 3.05) is 0 Å². The van der Waals surface area contributed by atoms with E-state index in [1.165, 1.54) is 93.1 Å². The normalized spacial score (nSPS) is 11.9. The van der Waals surface area contributed by atoms with Crippen LogP contribution in [0.1, 0.15) is 0 Å². The first-order chi connectivity index (χ1) is 22.8. The van der Waals surface area contributed by atoms with Crippen LogP contribution in [-0.2, 0) is 0 Å². The maximum Gasteiger partial charge on any atom is 0.0541 e. The van der Waals surface area contributed by atoms with Crippen molar-refractivity contribution in [2.45, 2.75) is 0 Å². The summed E-state index contributed by atoms with van der Waals surface area (Å²) in [4.78, 5) is 3.65. The summed E-state index contributed by atoms with van der Waals surface area (Å²) in [5, 5.41) is 10.2. The topological polar surface area (TPSA) is 20.7 Å². The van der Waals surface area contributed by atoms with E-state index in [1.54, 1.807) is 0 Å². The van der Waals surface area contributed by atoms with Gasteiger partial charge in [-0.15, -0.1) is 0 Å². The number of hydrogen-bond acceptors (Lipinski definition) is 0. The van der Waals surface area contributed by atoms with E-state index in [-0.39, 0.29) is 0 Å². The summed E-state index contributed by atoms with van der Waals surface area (Å²) in [6.07, 6.45) is 0. The second-order valence-electron chi connectivity index (χ2n) is 12.2. The molecule has 0 aliphatic carbocycles. The van der Waals surface area contributed by atoms with Crippen molar-refractivity contribution in [2.24, 2.45) is 0 Å². The predicted octanol–water partition coefficient (Wildman–Crippen LogP) is 12.1. The Kier molecular flexibility index (Phi) is 5.31. The quantitative estimate of drug-likeness (QED) is 0.213. The van der Waals surface area contributed by atoms with Gasteiger partial charge in [-0.3, -0.25) is 0 Å². The first kappa shape index (κ1) is 25.2. The molecule has 1 N–H and O–H groups in total. The van der Waals surface area contributed by atoms with Crippen LogP contribution in [0.2, 0.25) is 0 Å². The van der Waals surface area contributed by atoms with Crippen molar-refractivity contribution in [1.82, 2.24) is 9.55 Å². The van der Waals surface area contributed by atoms with E-state index in [0.29, 0.717) is 0 Å². The van der Waals surface area contributed by atoms with Gasteiger partial charge in [0.1, 0.15) is 0 Å². The highest BCUT2D eigenvalue weighted by atomic mass is 15.0. The smallest absolute Gasteiger partial charge is 0.0541 e. The lowest BCUT2D eigenvalue weighted by molar-refractivity contribution is 1.18. The summed E-state index contributed by atoms with van der Waals surface area (Å²) >= 11 is 0. The zero-order valence-electron chi connectivity index (χ0n) is 25.0. The molecule has 0 amide bonds. The minimum Gasteiger partial charge on any atom is -0.354 e. The van der Waals surface area contributed by atoms with Gasteiger partial charge in [0.2, 0.25) is 0 Å². The summed E-state index contributed by atoms with van der Waals surface area (Å²) in [7, 11) is 0. The highest BCUT2D eigenvalue weighted by Crippen LogP contribution is 2.40. The van der Waals surface area contributed by atoms with Crippen molar-refractivity contribution in [3.63, 3.8) is 0 Å². The lowest BCUT2D eigenvalue weighted by atomic mass is 9.92. The number of nitrogens with one attached hydrogen (secondary N) is 1. The monoisotopic (exact) mass is 584 g/mol. The van der Waals surface area contributed by atoms with Gasteiger partial charge in [0, 0.05) is 38.3 Å². The van der Waals surface area contributed by atoms with Crippen molar-refractivity contribution < 1.29 is 0 Å². The Bertz CT molecular complexity index is 2800. The Balaban J connectivity index is 1.17. The lowest BCUT2D eigenvalue weighted by Gasteiger charge is -2.12. The van der Waals surface area contributed by atoms with Crippen LogP contribution in [0.4, 0.5) is 0 Å². The van der Waals surface area contributed by atoms with Crippen molar-refractivity contribution >= 4 is 65.2 Å². The van der Waals surface area contributed by atoms with Gasteiger partial charge in [0.25, 0.3) is 0 Å². The molecule has 0 aliphatic rings. The molecule has 8 aromatic carbocycles. The van der Waals surface area contributed by atoms with Crippen molar-refractivity contribution in [3.05, 3.63) is 164 Å². The Labute approximate surface area is 265 Å². The molecule has 2 heterocycles. The number of rotatable bonds is 3. The van der Waals surface area contributed by atoms with Gasteiger partial charge in [0.05, 0.1) is 11.0 Å². The van der Waals surface area contributed by atoms with Gasteiger partial charge in [-0.05, 0) is 92.3 Å². The van der Waals surface area contributed by atoms with Crippen LogP contribution in [0.5, 0.6) is 0 Å². The molecular weight excluding hydrogens is 556 g/mol. The minimum absolute atomic E-state index is 1.17. The van der Waals surface area contributed by atoms with Gasteiger partial charge >= 0.3 is 0 Å². The number of hydrogen-bond donors (Lipinski definition) is 1. The van der Waals surface area contributed by atoms with Gasteiger partial charge in [0.15, 0.2) is 0 Å². The van der Waals surface area contributed by atoms with E-state index in [4.69, 9.17) is 0 Å². The van der Waals surface area contributed by atoms with E-state index >= 15 is 0 Å². The summed E-state index contributed by atoms with van der Waals surface area (Å²) in [6, 6.07) is 59.7. The Hall–Kier alpha value is -6.12. The Morgan fingerprint density at radius 1 is 0.370 bits per heavy atom. The Morgan fingerprint density at radius 3 is 1.78 bits per heavy atom. The average molecular weight is 585 g/mol. The largest absolute Gasteiger partial charge is 0.354 e. The molecule has 214 valence electrons. The summed E-state index contributed by atoms with van der Waals surface area (Å²) in [6.45, 7) is 0. The highest BCUT2D eigenvalue weighted by Gasteiger charge is 2.15. The summed E-state index contributed by atoms with van der Waals surface area (Å²) < 4.78 is 2.37. The number of H-pyrrole nitrogens is 1. The SMILES string of the molecule is c1ccc(-n2c3ccccc3c3cc(-c4cccc5c(-c6ccc7[nH]c8ccc9ccccc9c8c7c6)cccc45)ccc32)cc1. The zero-order valence-corrected chi connectivity index (χ0v) is 25.0. The number of nitrogens with zero attached hydrogens (tertiary/aromatic N) is 1. The van der Waals surface area contributed by atoms with Crippen LogP contribution in [-0.4, -0.2) is 9.55 Å². The first-order valence-electron chi connectivity index (χ1n) is 15.9. The molecule has 0 bridgehead atoms. The summed E-state index contributed by atoms with van der Waals surface area (Å²) in [5.74, 6) is 0. The molecule has 0 radical (unpaired) electrons. The number of para-hydroxylation sites is 2. The van der Waals surface area contributed by atoms with Crippen LogP contribution in [0.15, 0.2) is 164 Å². The maximum absolute atomic E-state index is 3.65. The van der Waals surface area contributed by atoms with Crippen LogP contribution in [0.25, 0.3) is 93.1 Å². The van der Waals surface area contributed by atoms with Gasteiger partial charge in [-0.1, -0.05) is 115 Å². The van der Waals surface area contributed by atoms with Gasteiger partial charge < -0.3 is 9.55 Å². The van der Waals surface area contributed by atoms with E-state index in [2.05, 4.69) is 173 Å². The third-order valence-corrected chi connectivity index (χ3v) is 9.72. The van der Waals surface area contributed by atoms with Crippen LogP contribution in [0.3, 0.4) is 0 Å². The molecule has 2 heteroatoms. The van der Waals surface area contributed by atoms with E-state index in [0.717, 1.165) is 0 Å².